The fraction of sp³-hybridized carbons (Fsp3) is 0.440. The smallest absolute Gasteiger partial charge is 0.417 e. The first-order chi connectivity index (χ1) is 15.5. The van der Waals surface area contributed by atoms with E-state index in [1.807, 2.05) is 20.8 Å². The lowest BCUT2D eigenvalue weighted by molar-refractivity contribution is -0.137. The summed E-state index contributed by atoms with van der Waals surface area (Å²) in [6.45, 7) is 6.12. The molecule has 1 atom stereocenters. The van der Waals surface area contributed by atoms with E-state index in [-0.39, 0.29) is 22.5 Å². The SMILES string of the molecule is CCc1cc(C)cc(CC)c1C1=C(O)CC(CCSc2ncc(C(F)(F)F)cc2Cl)CC1=O. The van der Waals surface area contributed by atoms with Crippen molar-refractivity contribution in [1.82, 2.24) is 4.98 Å². The average Bonchev–Trinajstić information content (AvgIpc) is 2.74. The highest BCUT2D eigenvalue weighted by Crippen LogP contribution is 2.39. The number of carbonyl (C=O) groups excluding carboxylic acids is 1. The Morgan fingerprint density at radius 3 is 2.30 bits per heavy atom. The normalized spacial score (nSPS) is 17.1. The molecule has 1 heterocycles. The number of nitrogens with zero attached hydrogens (tertiary/aromatic N) is 1. The van der Waals surface area contributed by atoms with Gasteiger partial charge in [0.15, 0.2) is 5.78 Å². The second-order valence-electron chi connectivity index (χ2n) is 8.33. The number of aliphatic hydroxyl groups excluding tert-OH is 1. The third-order valence-electron chi connectivity index (χ3n) is 5.88. The van der Waals surface area contributed by atoms with Gasteiger partial charge in [0.05, 0.1) is 16.2 Å². The Morgan fingerprint density at radius 2 is 1.79 bits per heavy atom. The van der Waals surface area contributed by atoms with Crippen molar-refractivity contribution in [2.45, 2.75) is 64.1 Å². The van der Waals surface area contributed by atoms with E-state index in [2.05, 4.69) is 17.1 Å². The van der Waals surface area contributed by atoms with Gasteiger partial charge in [0.25, 0.3) is 0 Å². The molecular formula is C25H27ClF3NO2S. The largest absolute Gasteiger partial charge is 0.512 e. The summed E-state index contributed by atoms with van der Waals surface area (Å²) in [7, 11) is 0. The van der Waals surface area contributed by atoms with Gasteiger partial charge in [-0.1, -0.05) is 43.1 Å². The van der Waals surface area contributed by atoms with Crippen molar-refractivity contribution in [1.29, 1.82) is 0 Å². The summed E-state index contributed by atoms with van der Waals surface area (Å²) in [6.07, 6.45) is -0.829. The summed E-state index contributed by atoms with van der Waals surface area (Å²) >= 11 is 7.23. The lowest BCUT2D eigenvalue weighted by atomic mass is 9.79. The maximum atomic E-state index is 13.1. The van der Waals surface area contributed by atoms with Crippen LogP contribution < -0.4 is 0 Å². The first kappa shape index (κ1) is 25.6. The zero-order valence-electron chi connectivity index (χ0n) is 18.9. The van der Waals surface area contributed by atoms with Gasteiger partial charge >= 0.3 is 6.18 Å². The maximum Gasteiger partial charge on any atom is 0.417 e. The van der Waals surface area contributed by atoms with Crippen molar-refractivity contribution in [3.63, 3.8) is 0 Å². The number of aryl methyl sites for hydroxylation is 3. The van der Waals surface area contributed by atoms with E-state index in [0.29, 0.717) is 35.6 Å². The summed E-state index contributed by atoms with van der Waals surface area (Å²) in [5.41, 5.74) is 3.71. The first-order valence-corrected chi connectivity index (χ1v) is 12.3. The number of thioether (sulfide) groups is 1. The van der Waals surface area contributed by atoms with Gasteiger partial charge in [0.2, 0.25) is 0 Å². The van der Waals surface area contributed by atoms with Crippen molar-refractivity contribution >= 4 is 34.7 Å². The van der Waals surface area contributed by atoms with E-state index in [1.54, 1.807) is 0 Å². The van der Waals surface area contributed by atoms with E-state index >= 15 is 0 Å². The fourth-order valence-electron chi connectivity index (χ4n) is 4.29. The maximum absolute atomic E-state index is 13.1. The topological polar surface area (TPSA) is 50.2 Å². The zero-order chi connectivity index (χ0) is 24.3. The van der Waals surface area contributed by atoms with Crippen LogP contribution >= 0.6 is 23.4 Å². The van der Waals surface area contributed by atoms with Crippen molar-refractivity contribution in [3.8, 4) is 0 Å². The molecule has 2 aromatic rings. The molecule has 0 saturated carbocycles. The van der Waals surface area contributed by atoms with E-state index in [9.17, 15) is 23.1 Å². The Kier molecular flexibility index (Phi) is 8.17. The Bertz CT molecular complexity index is 1060. The molecule has 0 spiro atoms. The highest BCUT2D eigenvalue weighted by Gasteiger charge is 2.32. The van der Waals surface area contributed by atoms with Crippen molar-refractivity contribution in [2.75, 3.05) is 5.75 Å². The Hall–Kier alpha value is -1.99. The van der Waals surface area contributed by atoms with Gasteiger partial charge in [-0.25, -0.2) is 4.98 Å². The molecule has 1 N–H and O–H groups in total. The van der Waals surface area contributed by atoms with Crippen LogP contribution in [0.3, 0.4) is 0 Å². The predicted molar refractivity (Wildman–Crippen MR) is 127 cm³/mol. The van der Waals surface area contributed by atoms with Gasteiger partial charge in [-0.2, -0.15) is 13.2 Å². The average molecular weight is 498 g/mol. The lowest BCUT2D eigenvalue weighted by Gasteiger charge is -2.26. The summed E-state index contributed by atoms with van der Waals surface area (Å²) < 4.78 is 38.3. The molecular weight excluding hydrogens is 471 g/mol. The van der Waals surface area contributed by atoms with E-state index < -0.39 is 11.7 Å². The van der Waals surface area contributed by atoms with Crippen molar-refractivity contribution in [2.24, 2.45) is 5.92 Å². The van der Waals surface area contributed by atoms with E-state index in [0.717, 1.165) is 47.4 Å². The van der Waals surface area contributed by atoms with Crippen molar-refractivity contribution in [3.05, 3.63) is 63.0 Å². The standard InChI is InChI=1S/C25H27ClF3NO2S/c1-4-16-8-14(3)9-17(5-2)22(16)23-20(31)10-15(11-21(23)32)6-7-33-24-19(26)12-18(13-30-24)25(27,28)29/h8-9,12-13,15,31H,4-7,10-11H2,1-3H3. The zero-order valence-corrected chi connectivity index (χ0v) is 20.4. The summed E-state index contributed by atoms with van der Waals surface area (Å²) in [5.74, 6) is 0.555. The molecule has 0 aliphatic heterocycles. The van der Waals surface area contributed by atoms with Gasteiger partial charge in [-0.3, -0.25) is 4.79 Å². The Labute approximate surface area is 201 Å². The quantitative estimate of drug-likeness (QED) is 0.400. The fourth-order valence-corrected chi connectivity index (χ4v) is 5.59. The minimum absolute atomic E-state index is 0.0393. The molecule has 33 heavy (non-hydrogen) atoms. The number of halogens is 4. The third kappa shape index (κ3) is 5.93. The molecule has 1 aliphatic carbocycles. The third-order valence-corrected chi connectivity index (χ3v) is 7.32. The van der Waals surface area contributed by atoms with Crippen LogP contribution in [0.2, 0.25) is 5.02 Å². The Morgan fingerprint density at radius 1 is 1.15 bits per heavy atom. The summed E-state index contributed by atoms with van der Waals surface area (Å²) in [5, 5.41) is 11.1. The molecule has 0 radical (unpaired) electrons. The molecule has 1 unspecified atom stereocenters. The number of hydrogen-bond donors (Lipinski definition) is 1. The summed E-state index contributed by atoms with van der Waals surface area (Å²) in [6, 6.07) is 5.03. The van der Waals surface area contributed by atoms with Crippen LogP contribution in [0.5, 0.6) is 0 Å². The highest BCUT2D eigenvalue weighted by atomic mass is 35.5. The number of benzene rings is 1. The molecule has 1 aliphatic rings. The number of alkyl halides is 3. The van der Waals surface area contributed by atoms with Crippen molar-refractivity contribution < 1.29 is 23.1 Å². The van der Waals surface area contributed by atoms with Crippen LogP contribution in [-0.2, 0) is 23.8 Å². The molecule has 0 bridgehead atoms. The van der Waals surface area contributed by atoms with Gasteiger partial charge in [-0.05, 0) is 60.6 Å². The predicted octanol–water partition coefficient (Wildman–Crippen LogP) is 7.62. The number of pyridine rings is 1. The van der Waals surface area contributed by atoms with Crippen LogP contribution in [0.25, 0.3) is 5.57 Å². The molecule has 3 nitrogen and oxygen atoms in total. The Balaban J connectivity index is 1.72. The minimum atomic E-state index is -4.49. The number of aliphatic hydroxyl groups is 1. The van der Waals surface area contributed by atoms with Crippen LogP contribution in [0.4, 0.5) is 13.2 Å². The van der Waals surface area contributed by atoms with Crippen LogP contribution in [0.1, 0.15) is 60.9 Å². The number of ketones is 1. The first-order valence-electron chi connectivity index (χ1n) is 11.0. The molecule has 178 valence electrons. The number of rotatable bonds is 7. The number of Topliss-reactive ketones (excluding diaryl/α,β-unsaturated/α-hetero) is 1. The number of hydrogen-bond acceptors (Lipinski definition) is 4. The minimum Gasteiger partial charge on any atom is -0.512 e. The number of allylic oxidation sites excluding steroid dienone is 2. The molecule has 3 rings (SSSR count). The van der Waals surface area contributed by atoms with E-state index in [1.165, 1.54) is 11.8 Å². The summed E-state index contributed by atoms with van der Waals surface area (Å²) in [4.78, 5) is 16.9. The molecule has 8 heteroatoms. The molecule has 1 aromatic heterocycles. The van der Waals surface area contributed by atoms with Crippen LogP contribution in [-0.4, -0.2) is 21.6 Å². The second kappa shape index (κ2) is 10.5. The molecule has 0 fully saturated rings. The lowest BCUT2D eigenvalue weighted by Crippen LogP contribution is -2.21. The number of carbonyl (C=O) groups is 1. The molecule has 1 aromatic carbocycles. The van der Waals surface area contributed by atoms with Gasteiger partial charge in [-0.15, -0.1) is 11.8 Å². The molecule has 0 amide bonds. The highest BCUT2D eigenvalue weighted by molar-refractivity contribution is 7.99. The number of aromatic nitrogens is 1. The van der Waals surface area contributed by atoms with Crippen LogP contribution in [0, 0.1) is 12.8 Å². The monoisotopic (exact) mass is 497 g/mol. The van der Waals surface area contributed by atoms with Gasteiger partial charge < -0.3 is 5.11 Å². The second-order valence-corrected chi connectivity index (χ2v) is 9.82. The molecule has 0 saturated heterocycles. The van der Waals surface area contributed by atoms with E-state index in [4.69, 9.17) is 11.6 Å². The van der Waals surface area contributed by atoms with Crippen LogP contribution in [0.15, 0.2) is 35.2 Å². The van der Waals surface area contributed by atoms with Gasteiger partial charge in [0, 0.05) is 19.0 Å². The van der Waals surface area contributed by atoms with Gasteiger partial charge in [0.1, 0.15) is 10.8 Å².